The van der Waals surface area contributed by atoms with Crippen LogP contribution in [-0.4, -0.2) is 33.8 Å². The SMILES string of the molecule is CC.CC(C)(C)Nc1ncc(B2OC(C)(C)C(C)(C)O2)cc1-c1nc2ccccc2o1. The Morgan fingerprint density at radius 1 is 0.968 bits per heavy atom. The van der Waals surface area contributed by atoms with Crippen molar-refractivity contribution in [3.63, 3.8) is 0 Å². The maximum absolute atomic E-state index is 6.21. The average Bonchev–Trinajstić information content (AvgIpc) is 3.20. The molecule has 1 saturated heterocycles. The van der Waals surface area contributed by atoms with E-state index in [4.69, 9.17) is 13.7 Å². The zero-order valence-electron chi connectivity index (χ0n) is 20.2. The topological polar surface area (TPSA) is 69.4 Å². The second-order valence-electron chi connectivity index (χ2n) is 9.61. The normalized spacial score (nSPS) is 17.4. The number of pyridine rings is 1. The van der Waals surface area contributed by atoms with Gasteiger partial charge in [-0.2, -0.15) is 0 Å². The minimum Gasteiger partial charge on any atom is -0.436 e. The van der Waals surface area contributed by atoms with Gasteiger partial charge in [0.1, 0.15) is 11.3 Å². The summed E-state index contributed by atoms with van der Waals surface area (Å²) in [5.41, 5.74) is 2.16. The van der Waals surface area contributed by atoms with Gasteiger partial charge in [0, 0.05) is 17.2 Å². The predicted molar refractivity (Wildman–Crippen MR) is 128 cm³/mol. The second-order valence-corrected chi connectivity index (χ2v) is 9.61. The molecule has 1 N–H and O–H groups in total. The van der Waals surface area contributed by atoms with Gasteiger partial charge in [0.05, 0.1) is 16.8 Å². The fourth-order valence-electron chi connectivity index (χ4n) is 3.19. The maximum atomic E-state index is 6.21. The van der Waals surface area contributed by atoms with Crippen molar-refractivity contribution in [1.29, 1.82) is 0 Å². The van der Waals surface area contributed by atoms with E-state index in [2.05, 4.69) is 36.1 Å². The number of nitrogens with one attached hydrogen (secondary N) is 1. The highest BCUT2D eigenvalue weighted by atomic mass is 16.7. The molecule has 31 heavy (non-hydrogen) atoms. The molecular formula is C24H34BN3O3. The Morgan fingerprint density at radius 3 is 2.16 bits per heavy atom. The number of rotatable bonds is 3. The summed E-state index contributed by atoms with van der Waals surface area (Å²) >= 11 is 0. The van der Waals surface area contributed by atoms with Gasteiger partial charge in [-0.15, -0.1) is 0 Å². The van der Waals surface area contributed by atoms with Crippen LogP contribution in [0.25, 0.3) is 22.6 Å². The molecule has 1 fully saturated rings. The molecule has 0 radical (unpaired) electrons. The van der Waals surface area contributed by atoms with E-state index in [-0.39, 0.29) is 5.54 Å². The van der Waals surface area contributed by atoms with E-state index in [1.165, 1.54) is 0 Å². The number of para-hydroxylation sites is 2. The molecular weight excluding hydrogens is 389 g/mol. The van der Waals surface area contributed by atoms with Crippen LogP contribution in [0.1, 0.15) is 62.3 Å². The molecule has 1 aromatic carbocycles. The molecule has 0 aliphatic carbocycles. The van der Waals surface area contributed by atoms with E-state index in [1.54, 1.807) is 6.20 Å². The summed E-state index contributed by atoms with van der Waals surface area (Å²) in [6.45, 7) is 18.4. The summed E-state index contributed by atoms with van der Waals surface area (Å²) in [6, 6.07) is 9.72. The molecule has 0 bridgehead atoms. The quantitative estimate of drug-likeness (QED) is 0.567. The van der Waals surface area contributed by atoms with Gasteiger partial charge in [0.2, 0.25) is 5.89 Å². The van der Waals surface area contributed by atoms with Gasteiger partial charge in [-0.05, 0) is 66.7 Å². The van der Waals surface area contributed by atoms with Gasteiger partial charge >= 0.3 is 7.12 Å². The monoisotopic (exact) mass is 423 g/mol. The summed E-state index contributed by atoms with van der Waals surface area (Å²) in [7, 11) is -0.501. The van der Waals surface area contributed by atoms with Gasteiger partial charge in [-0.25, -0.2) is 9.97 Å². The molecule has 4 rings (SSSR count). The molecule has 0 atom stereocenters. The molecule has 0 unspecified atom stereocenters. The minimum atomic E-state index is -0.501. The third-order valence-corrected chi connectivity index (χ3v) is 5.45. The molecule has 0 spiro atoms. The molecule has 0 saturated carbocycles. The van der Waals surface area contributed by atoms with Crippen molar-refractivity contribution in [2.45, 2.75) is 79.1 Å². The standard InChI is InChI=1S/C22H28BN3O3.C2H6/c1-20(2,3)26-18-15(19-25-16-10-8-9-11-17(16)27-19)12-14(13-24-18)23-28-21(4,5)22(6,7)29-23;1-2/h8-13H,1-7H3,(H,24,26);1-2H3. The number of hydrogen-bond acceptors (Lipinski definition) is 6. The zero-order valence-corrected chi connectivity index (χ0v) is 20.2. The van der Waals surface area contributed by atoms with Crippen LogP contribution < -0.4 is 10.8 Å². The molecule has 0 amide bonds. The fraction of sp³-hybridized carbons (Fsp3) is 0.500. The van der Waals surface area contributed by atoms with Crippen LogP contribution in [0.3, 0.4) is 0 Å². The number of aromatic nitrogens is 2. The highest BCUT2D eigenvalue weighted by Gasteiger charge is 2.52. The number of anilines is 1. The lowest BCUT2D eigenvalue weighted by atomic mass is 9.79. The van der Waals surface area contributed by atoms with Gasteiger partial charge in [0.25, 0.3) is 0 Å². The summed E-state index contributed by atoms with van der Waals surface area (Å²) < 4.78 is 18.5. The third-order valence-electron chi connectivity index (χ3n) is 5.45. The Labute approximate surface area is 185 Å². The van der Waals surface area contributed by atoms with Crippen molar-refractivity contribution in [1.82, 2.24) is 9.97 Å². The number of nitrogens with zero attached hydrogens (tertiary/aromatic N) is 2. The first-order chi connectivity index (χ1) is 14.5. The van der Waals surface area contributed by atoms with E-state index < -0.39 is 18.3 Å². The summed E-state index contributed by atoms with van der Waals surface area (Å²) in [6.07, 6.45) is 1.79. The molecule has 6 nitrogen and oxygen atoms in total. The summed E-state index contributed by atoms with van der Waals surface area (Å²) in [4.78, 5) is 9.35. The Balaban J connectivity index is 0.00000132. The van der Waals surface area contributed by atoms with Crippen molar-refractivity contribution in [2.24, 2.45) is 0 Å². The van der Waals surface area contributed by atoms with Crippen LogP contribution in [0, 0.1) is 0 Å². The predicted octanol–water partition coefficient (Wildman–Crippen LogP) is 5.43. The van der Waals surface area contributed by atoms with Crippen molar-refractivity contribution in [3.8, 4) is 11.5 Å². The Morgan fingerprint density at radius 2 is 1.58 bits per heavy atom. The summed E-state index contributed by atoms with van der Waals surface area (Å²) in [5.74, 6) is 1.23. The lowest BCUT2D eigenvalue weighted by Gasteiger charge is -2.32. The van der Waals surface area contributed by atoms with E-state index in [9.17, 15) is 0 Å². The highest BCUT2D eigenvalue weighted by molar-refractivity contribution is 6.62. The van der Waals surface area contributed by atoms with E-state index in [0.717, 1.165) is 22.1 Å². The molecule has 7 heteroatoms. The molecule has 3 heterocycles. The second kappa shape index (κ2) is 8.28. The lowest BCUT2D eigenvalue weighted by Crippen LogP contribution is -2.41. The molecule has 1 aliphatic heterocycles. The minimum absolute atomic E-state index is 0.167. The average molecular weight is 423 g/mol. The maximum Gasteiger partial charge on any atom is 0.496 e. The van der Waals surface area contributed by atoms with E-state index >= 15 is 0 Å². The van der Waals surface area contributed by atoms with Crippen LogP contribution >= 0.6 is 0 Å². The molecule has 2 aromatic heterocycles. The van der Waals surface area contributed by atoms with Gasteiger partial charge in [-0.3, -0.25) is 0 Å². The van der Waals surface area contributed by atoms with Crippen molar-refractivity contribution in [3.05, 3.63) is 36.5 Å². The molecule has 3 aromatic rings. The Kier molecular flexibility index (Phi) is 6.22. The largest absolute Gasteiger partial charge is 0.496 e. The lowest BCUT2D eigenvalue weighted by molar-refractivity contribution is 0.00578. The smallest absolute Gasteiger partial charge is 0.436 e. The van der Waals surface area contributed by atoms with Crippen molar-refractivity contribution >= 4 is 29.5 Å². The van der Waals surface area contributed by atoms with E-state index in [1.807, 2.05) is 71.9 Å². The van der Waals surface area contributed by atoms with Crippen molar-refractivity contribution < 1.29 is 13.7 Å². The molecule has 1 aliphatic rings. The Bertz CT molecular complexity index is 1000. The van der Waals surface area contributed by atoms with Crippen LogP contribution in [-0.2, 0) is 9.31 Å². The van der Waals surface area contributed by atoms with Gasteiger partial charge in [-0.1, -0.05) is 26.0 Å². The van der Waals surface area contributed by atoms with Crippen LogP contribution in [0.5, 0.6) is 0 Å². The highest BCUT2D eigenvalue weighted by Crippen LogP contribution is 2.37. The van der Waals surface area contributed by atoms with Gasteiger partial charge in [0.15, 0.2) is 5.58 Å². The van der Waals surface area contributed by atoms with Crippen LogP contribution in [0.2, 0.25) is 0 Å². The van der Waals surface area contributed by atoms with Crippen LogP contribution in [0.15, 0.2) is 40.9 Å². The first-order valence-corrected chi connectivity index (χ1v) is 10.9. The summed E-state index contributed by atoms with van der Waals surface area (Å²) in [5, 5.41) is 3.45. The first kappa shape index (κ1) is 23.3. The van der Waals surface area contributed by atoms with Crippen molar-refractivity contribution in [2.75, 3.05) is 5.32 Å². The number of fused-ring (bicyclic) bond motifs is 1. The number of hydrogen-bond donors (Lipinski definition) is 1. The fourth-order valence-corrected chi connectivity index (χ4v) is 3.19. The number of oxazole rings is 1. The number of benzene rings is 1. The first-order valence-electron chi connectivity index (χ1n) is 10.9. The van der Waals surface area contributed by atoms with Gasteiger partial charge < -0.3 is 19.0 Å². The third kappa shape index (κ3) is 4.78. The zero-order chi connectivity index (χ0) is 23.0. The van der Waals surface area contributed by atoms with Crippen LogP contribution in [0.4, 0.5) is 5.82 Å². The Hall–Kier alpha value is -2.38. The van der Waals surface area contributed by atoms with E-state index in [0.29, 0.717) is 11.7 Å². The molecule has 166 valence electrons.